The second kappa shape index (κ2) is 14.7. The zero-order valence-corrected chi connectivity index (χ0v) is 23.3. The zero-order valence-electron chi connectivity index (χ0n) is 22.6. The standard InChI is InChI=1S/C24H34ClNO18/c25-8-3-7(26(37)38)1-2-9(8)39-19-11(5-28)41-23(17(34)14(19)31)44-21-12(6-29)42-24(18(35)15(21)32)43-20-10(4-27)40-22(36)16(33)13(20)30/h1-3,10-24,27-36H,4-6H2/t10-,11-,12-,13-,14-,15-,16-,17-,18-,19-,20-,21-,22-,23-,24-/m1/s1. The molecule has 15 atom stereocenters. The molecule has 0 amide bonds. The molecule has 3 heterocycles. The van der Waals surface area contributed by atoms with Gasteiger partial charge in [-0.15, -0.1) is 0 Å². The number of ether oxygens (including phenoxy) is 6. The number of nitrogens with zero attached hydrogens (tertiary/aromatic N) is 1. The summed E-state index contributed by atoms with van der Waals surface area (Å²) in [5, 5.41) is 113. The predicted octanol–water partition coefficient (Wildman–Crippen LogP) is -4.92. The highest BCUT2D eigenvalue weighted by Crippen LogP contribution is 2.35. The lowest BCUT2D eigenvalue weighted by Gasteiger charge is -2.48. The summed E-state index contributed by atoms with van der Waals surface area (Å²) in [6.45, 7) is -2.47. The van der Waals surface area contributed by atoms with Gasteiger partial charge in [0.15, 0.2) is 25.0 Å². The van der Waals surface area contributed by atoms with E-state index in [9.17, 15) is 61.2 Å². The van der Waals surface area contributed by atoms with E-state index in [0.717, 1.165) is 18.2 Å². The van der Waals surface area contributed by atoms with E-state index in [0.29, 0.717) is 0 Å². The third-order valence-corrected chi connectivity index (χ3v) is 7.75. The molecule has 0 spiro atoms. The normalized spacial score (nSPS) is 43.0. The Kier molecular flexibility index (Phi) is 11.7. The van der Waals surface area contributed by atoms with E-state index < -0.39 is 117 Å². The molecule has 10 N–H and O–H groups in total. The van der Waals surface area contributed by atoms with E-state index in [1.165, 1.54) is 0 Å². The first-order valence-corrected chi connectivity index (χ1v) is 13.7. The SMILES string of the molecule is O=[N+]([O-])c1ccc(O[C@H]2[C@H](O)[C@@H](O)[C@@H](O[C@H]3[C@H](O)[C@@H](O)[C@@H](O[C@H]4[C@H](O)[C@@H](O)[C@H](O)O[C@@H]4CO)O[C@@H]3CO)O[C@@H]2CO)c(Cl)c1. The van der Waals surface area contributed by atoms with Crippen LogP contribution in [0.1, 0.15) is 0 Å². The van der Waals surface area contributed by atoms with Crippen molar-refractivity contribution in [2.45, 2.75) is 92.1 Å². The molecule has 3 saturated heterocycles. The van der Waals surface area contributed by atoms with Crippen LogP contribution in [0.3, 0.4) is 0 Å². The van der Waals surface area contributed by atoms with Crippen molar-refractivity contribution in [3.63, 3.8) is 0 Å². The molecular formula is C24H34ClNO18. The van der Waals surface area contributed by atoms with Crippen LogP contribution in [-0.4, -0.2) is 168 Å². The summed E-state index contributed by atoms with van der Waals surface area (Å²) < 4.78 is 32.7. The van der Waals surface area contributed by atoms with E-state index in [4.69, 9.17) is 40.0 Å². The molecule has 0 radical (unpaired) electrons. The Balaban J connectivity index is 1.45. The lowest BCUT2D eigenvalue weighted by Crippen LogP contribution is -2.67. The number of halogens is 1. The molecule has 3 fully saturated rings. The van der Waals surface area contributed by atoms with Crippen LogP contribution in [-0.2, 0) is 23.7 Å². The van der Waals surface area contributed by atoms with Crippen LogP contribution >= 0.6 is 11.6 Å². The van der Waals surface area contributed by atoms with Crippen molar-refractivity contribution in [3.8, 4) is 5.75 Å². The van der Waals surface area contributed by atoms with E-state index >= 15 is 0 Å². The van der Waals surface area contributed by atoms with Gasteiger partial charge >= 0.3 is 0 Å². The van der Waals surface area contributed by atoms with Crippen LogP contribution in [0.5, 0.6) is 5.75 Å². The Labute approximate surface area is 253 Å². The molecule has 0 aliphatic carbocycles. The second-order valence-corrected chi connectivity index (χ2v) is 10.7. The van der Waals surface area contributed by atoms with E-state index in [1.54, 1.807) is 0 Å². The maximum atomic E-state index is 11.0. The van der Waals surface area contributed by atoms with Gasteiger partial charge in [0.1, 0.15) is 72.9 Å². The Morgan fingerprint density at radius 3 is 1.64 bits per heavy atom. The first-order valence-electron chi connectivity index (χ1n) is 13.3. The molecule has 1 aromatic rings. The number of hydrogen-bond donors (Lipinski definition) is 10. The van der Waals surface area contributed by atoms with Gasteiger partial charge in [0.05, 0.1) is 29.8 Å². The minimum absolute atomic E-state index is 0.139. The van der Waals surface area contributed by atoms with Crippen LogP contribution in [0.4, 0.5) is 5.69 Å². The van der Waals surface area contributed by atoms with Gasteiger partial charge in [-0.1, -0.05) is 11.6 Å². The number of nitro benzene ring substituents is 1. The molecule has 20 heteroatoms. The molecule has 44 heavy (non-hydrogen) atoms. The average Bonchev–Trinajstić information content (AvgIpc) is 3.00. The first-order chi connectivity index (χ1) is 20.8. The number of aliphatic hydroxyl groups is 10. The molecule has 4 rings (SSSR count). The van der Waals surface area contributed by atoms with Crippen molar-refractivity contribution in [2.24, 2.45) is 0 Å². The smallest absolute Gasteiger partial charge is 0.271 e. The van der Waals surface area contributed by atoms with Crippen LogP contribution in [0, 0.1) is 10.1 Å². The second-order valence-electron chi connectivity index (χ2n) is 10.3. The lowest BCUT2D eigenvalue weighted by molar-refractivity contribution is -0.384. The molecule has 250 valence electrons. The Morgan fingerprint density at radius 2 is 1.16 bits per heavy atom. The largest absolute Gasteiger partial charge is 0.483 e. The maximum Gasteiger partial charge on any atom is 0.271 e. The van der Waals surface area contributed by atoms with Gasteiger partial charge < -0.3 is 79.5 Å². The van der Waals surface area contributed by atoms with Crippen LogP contribution in [0.15, 0.2) is 18.2 Å². The molecule has 0 bridgehead atoms. The number of benzene rings is 1. The highest BCUT2D eigenvalue weighted by atomic mass is 35.5. The highest BCUT2D eigenvalue weighted by Gasteiger charge is 2.53. The summed E-state index contributed by atoms with van der Waals surface area (Å²) in [7, 11) is 0. The molecule has 19 nitrogen and oxygen atoms in total. The van der Waals surface area contributed by atoms with Gasteiger partial charge in [0.2, 0.25) is 0 Å². The number of nitro groups is 1. The average molecular weight is 660 g/mol. The maximum absolute atomic E-state index is 11.0. The van der Waals surface area contributed by atoms with Crippen LogP contribution in [0.25, 0.3) is 0 Å². The van der Waals surface area contributed by atoms with Crippen molar-refractivity contribution in [1.29, 1.82) is 0 Å². The first kappa shape index (κ1) is 35.0. The van der Waals surface area contributed by atoms with Crippen LogP contribution in [0.2, 0.25) is 5.02 Å². The fraction of sp³-hybridized carbons (Fsp3) is 0.750. The van der Waals surface area contributed by atoms with E-state index in [-0.39, 0.29) is 16.5 Å². The summed E-state index contributed by atoms with van der Waals surface area (Å²) in [6, 6.07) is 3.21. The summed E-state index contributed by atoms with van der Waals surface area (Å²) >= 11 is 6.04. The van der Waals surface area contributed by atoms with Gasteiger partial charge in [0.25, 0.3) is 5.69 Å². The molecule has 3 aliphatic heterocycles. The summed E-state index contributed by atoms with van der Waals surface area (Å²) in [5.41, 5.74) is -0.343. The Morgan fingerprint density at radius 1 is 0.705 bits per heavy atom. The van der Waals surface area contributed by atoms with E-state index in [2.05, 4.69) is 0 Å². The topological polar surface area (TPSA) is 301 Å². The molecular weight excluding hydrogens is 626 g/mol. The fourth-order valence-electron chi connectivity index (χ4n) is 5.03. The van der Waals surface area contributed by atoms with Crippen molar-refractivity contribution < 1.29 is 84.4 Å². The number of hydrogen-bond acceptors (Lipinski definition) is 18. The van der Waals surface area contributed by atoms with Gasteiger partial charge in [0, 0.05) is 12.1 Å². The molecule has 1 aromatic carbocycles. The third-order valence-electron chi connectivity index (χ3n) is 7.45. The summed E-state index contributed by atoms with van der Waals surface area (Å²) in [4.78, 5) is 10.3. The van der Waals surface area contributed by atoms with Crippen LogP contribution < -0.4 is 4.74 Å². The third kappa shape index (κ3) is 7.08. The van der Waals surface area contributed by atoms with Gasteiger partial charge in [-0.05, 0) is 6.07 Å². The number of aliphatic hydroxyl groups excluding tert-OH is 10. The zero-order chi connectivity index (χ0) is 32.5. The van der Waals surface area contributed by atoms with Crippen molar-refractivity contribution in [2.75, 3.05) is 19.8 Å². The predicted molar refractivity (Wildman–Crippen MR) is 138 cm³/mol. The monoisotopic (exact) mass is 659 g/mol. The van der Waals surface area contributed by atoms with E-state index in [1.807, 2.05) is 0 Å². The quantitative estimate of drug-likeness (QED) is 0.0831. The summed E-state index contributed by atoms with van der Waals surface area (Å²) in [5.74, 6) is -0.139. The van der Waals surface area contributed by atoms with Crippen molar-refractivity contribution in [1.82, 2.24) is 0 Å². The number of non-ortho nitro benzene ring substituents is 1. The minimum atomic E-state index is -1.97. The van der Waals surface area contributed by atoms with Crippen molar-refractivity contribution >= 4 is 17.3 Å². The highest BCUT2D eigenvalue weighted by molar-refractivity contribution is 6.32. The lowest BCUT2D eigenvalue weighted by atomic mass is 9.96. The minimum Gasteiger partial charge on any atom is -0.483 e. The molecule has 0 unspecified atom stereocenters. The summed E-state index contributed by atoms with van der Waals surface area (Å²) in [6.07, 6.45) is -25.8. The molecule has 3 aliphatic rings. The van der Waals surface area contributed by atoms with Gasteiger partial charge in [-0.2, -0.15) is 0 Å². The Bertz CT molecular complexity index is 1110. The number of rotatable bonds is 10. The van der Waals surface area contributed by atoms with Crippen molar-refractivity contribution in [3.05, 3.63) is 33.3 Å². The molecule has 0 saturated carbocycles. The fourth-order valence-corrected chi connectivity index (χ4v) is 5.25. The molecule has 0 aromatic heterocycles. The van der Waals surface area contributed by atoms with Gasteiger partial charge in [-0.3, -0.25) is 10.1 Å². The Hall–Kier alpha value is -1.89. The van der Waals surface area contributed by atoms with Gasteiger partial charge in [-0.25, -0.2) is 0 Å².